The van der Waals surface area contributed by atoms with Gasteiger partial charge < -0.3 is 15.0 Å². The third-order valence-electron chi connectivity index (χ3n) is 6.11. The number of benzene rings is 2. The lowest BCUT2D eigenvalue weighted by molar-refractivity contribution is -0.139. The van der Waals surface area contributed by atoms with Gasteiger partial charge >= 0.3 is 0 Å². The van der Waals surface area contributed by atoms with E-state index in [1.165, 1.54) is 0 Å². The van der Waals surface area contributed by atoms with E-state index in [-0.39, 0.29) is 48.6 Å². The monoisotopic (exact) mass is 486 g/mol. The number of nitrogens with one attached hydrogen (secondary N) is 1. The number of amides is 2. The smallest absolute Gasteiger partial charge is 0.260 e. The SMILES string of the molecule is CC1CCCC(C)N1C(=O)COc1ccc(C(=O)NCCCS(=O)(=O)Cc2ccccc2)cc1. The van der Waals surface area contributed by atoms with E-state index < -0.39 is 9.84 Å². The number of carbonyl (C=O) groups is 2. The van der Waals surface area contributed by atoms with Crippen molar-refractivity contribution in [2.24, 2.45) is 0 Å². The zero-order valence-corrected chi connectivity index (χ0v) is 20.7. The Morgan fingerprint density at radius 2 is 1.65 bits per heavy atom. The molecule has 1 N–H and O–H groups in total. The fourth-order valence-corrected chi connectivity index (χ4v) is 5.76. The number of sulfone groups is 1. The van der Waals surface area contributed by atoms with Gasteiger partial charge in [-0.05, 0) is 69.4 Å². The van der Waals surface area contributed by atoms with E-state index in [2.05, 4.69) is 19.2 Å². The van der Waals surface area contributed by atoms with Gasteiger partial charge in [0, 0.05) is 24.2 Å². The van der Waals surface area contributed by atoms with E-state index in [1.54, 1.807) is 36.4 Å². The van der Waals surface area contributed by atoms with Crippen LogP contribution < -0.4 is 10.1 Å². The average molecular weight is 487 g/mol. The van der Waals surface area contributed by atoms with Crippen LogP contribution in [0.1, 0.15) is 55.5 Å². The molecule has 3 rings (SSSR count). The zero-order chi connectivity index (χ0) is 24.6. The molecule has 1 heterocycles. The molecule has 34 heavy (non-hydrogen) atoms. The van der Waals surface area contributed by atoms with E-state index >= 15 is 0 Å². The van der Waals surface area contributed by atoms with Crippen molar-refractivity contribution in [3.63, 3.8) is 0 Å². The molecule has 2 unspecified atom stereocenters. The van der Waals surface area contributed by atoms with E-state index in [4.69, 9.17) is 4.74 Å². The fourth-order valence-electron chi connectivity index (χ4n) is 4.33. The third kappa shape index (κ3) is 7.58. The summed E-state index contributed by atoms with van der Waals surface area (Å²) in [6, 6.07) is 16.1. The maximum Gasteiger partial charge on any atom is 0.260 e. The van der Waals surface area contributed by atoms with Crippen molar-refractivity contribution < 1.29 is 22.7 Å². The molecule has 0 spiro atoms. The van der Waals surface area contributed by atoms with Gasteiger partial charge in [-0.1, -0.05) is 30.3 Å². The minimum Gasteiger partial charge on any atom is -0.484 e. The van der Waals surface area contributed by atoms with Crippen molar-refractivity contribution in [1.82, 2.24) is 10.2 Å². The lowest BCUT2D eigenvalue weighted by atomic mass is 9.97. The largest absolute Gasteiger partial charge is 0.484 e. The van der Waals surface area contributed by atoms with Crippen LogP contribution in [0.2, 0.25) is 0 Å². The van der Waals surface area contributed by atoms with Crippen molar-refractivity contribution in [2.45, 2.75) is 57.4 Å². The normalized spacial score (nSPS) is 18.4. The highest BCUT2D eigenvalue weighted by molar-refractivity contribution is 7.90. The van der Waals surface area contributed by atoms with E-state index in [0.29, 0.717) is 17.7 Å². The molecule has 1 fully saturated rings. The lowest BCUT2D eigenvalue weighted by Gasteiger charge is -2.38. The minimum absolute atomic E-state index is 0.00133. The summed E-state index contributed by atoms with van der Waals surface area (Å²) in [6.45, 7) is 4.38. The van der Waals surface area contributed by atoms with Crippen molar-refractivity contribution in [2.75, 3.05) is 18.9 Å². The summed E-state index contributed by atoms with van der Waals surface area (Å²) in [5.41, 5.74) is 1.21. The summed E-state index contributed by atoms with van der Waals surface area (Å²) in [7, 11) is -3.23. The van der Waals surface area contributed by atoms with Crippen molar-refractivity contribution in [1.29, 1.82) is 0 Å². The highest BCUT2D eigenvalue weighted by Gasteiger charge is 2.29. The Hall–Kier alpha value is -2.87. The number of hydrogen-bond donors (Lipinski definition) is 1. The maximum absolute atomic E-state index is 12.6. The first-order valence-electron chi connectivity index (χ1n) is 11.8. The molecular weight excluding hydrogens is 452 g/mol. The van der Waals surface area contributed by atoms with Gasteiger partial charge in [-0.2, -0.15) is 0 Å². The lowest BCUT2D eigenvalue weighted by Crippen LogP contribution is -2.49. The molecule has 2 aromatic rings. The average Bonchev–Trinajstić information content (AvgIpc) is 2.81. The zero-order valence-electron chi connectivity index (χ0n) is 19.9. The van der Waals surface area contributed by atoms with Crippen molar-refractivity contribution in [3.05, 3.63) is 65.7 Å². The molecule has 2 amide bonds. The number of piperidine rings is 1. The molecule has 0 radical (unpaired) electrons. The van der Waals surface area contributed by atoms with Crippen LogP contribution in [0, 0.1) is 0 Å². The predicted molar refractivity (Wildman–Crippen MR) is 132 cm³/mol. The molecule has 2 atom stereocenters. The molecule has 184 valence electrons. The number of carbonyl (C=O) groups excluding carboxylic acids is 2. The van der Waals surface area contributed by atoms with Crippen LogP contribution in [0.4, 0.5) is 0 Å². The first kappa shape index (κ1) is 25.7. The quantitative estimate of drug-likeness (QED) is 0.518. The molecule has 2 aromatic carbocycles. The topological polar surface area (TPSA) is 92.8 Å². The second kappa shape index (κ2) is 12.0. The van der Waals surface area contributed by atoms with Crippen LogP contribution in [0.5, 0.6) is 5.75 Å². The second-order valence-corrected chi connectivity index (χ2v) is 11.1. The highest BCUT2D eigenvalue weighted by atomic mass is 32.2. The Morgan fingerprint density at radius 1 is 1.00 bits per heavy atom. The summed E-state index contributed by atoms with van der Waals surface area (Å²) >= 11 is 0. The van der Waals surface area contributed by atoms with Gasteiger partial charge in [0.15, 0.2) is 16.4 Å². The molecule has 8 heteroatoms. The summed E-state index contributed by atoms with van der Waals surface area (Å²) in [5.74, 6) is 0.232. The number of ether oxygens (including phenoxy) is 1. The molecule has 0 aliphatic carbocycles. The van der Waals surface area contributed by atoms with E-state index in [0.717, 1.165) is 24.8 Å². The summed E-state index contributed by atoms with van der Waals surface area (Å²) < 4.78 is 30.1. The molecule has 7 nitrogen and oxygen atoms in total. The van der Waals surface area contributed by atoms with Crippen LogP contribution in [0.25, 0.3) is 0 Å². The van der Waals surface area contributed by atoms with Crippen molar-refractivity contribution in [3.8, 4) is 5.75 Å². The first-order chi connectivity index (χ1) is 16.2. The molecule has 1 saturated heterocycles. The summed E-state index contributed by atoms with van der Waals surface area (Å²) in [5, 5.41) is 2.75. The van der Waals surface area contributed by atoms with Gasteiger partial charge in [-0.25, -0.2) is 8.42 Å². The van der Waals surface area contributed by atoms with Gasteiger partial charge in [0.2, 0.25) is 0 Å². The van der Waals surface area contributed by atoms with Gasteiger partial charge in [0.25, 0.3) is 11.8 Å². The van der Waals surface area contributed by atoms with Gasteiger partial charge in [0.1, 0.15) is 5.75 Å². The molecule has 0 saturated carbocycles. The van der Waals surface area contributed by atoms with E-state index in [9.17, 15) is 18.0 Å². The van der Waals surface area contributed by atoms with Crippen LogP contribution in [0.3, 0.4) is 0 Å². The number of likely N-dealkylation sites (tertiary alicyclic amines) is 1. The van der Waals surface area contributed by atoms with Gasteiger partial charge in [0.05, 0.1) is 11.5 Å². The molecular formula is C26H34N2O5S. The highest BCUT2D eigenvalue weighted by Crippen LogP contribution is 2.23. The first-order valence-corrected chi connectivity index (χ1v) is 13.6. The summed E-state index contributed by atoms with van der Waals surface area (Å²) in [4.78, 5) is 26.8. The third-order valence-corrected chi connectivity index (χ3v) is 7.79. The Morgan fingerprint density at radius 3 is 2.29 bits per heavy atom. The Balaban J connectivity index is 1.40. The van der Waals surface area contributed by atoms with Crippen LogP contribution in [-0.4, -0.2) is 56.1 Å². The minimum atomic E-state index is -3.23. The molecule has 1 aliphatic heterocycles. The predicted octanol–water partition coefficient (Wildman–Crippen LogP) is 3.59. The van der Waals surface area contributed by atoms with Crippen molar-refractivity contribution >= 4 is 21.7 Å². The maximum atomic E-state index is 12.6. The molecule has 1 aliphatic rings. The number of nitrogens with zero attached hydrogens (tertiary/aromatic N) is 1. The van der Waals surface area contributed by atoms with Crippen LogP contribution >= 0.6 is 0 Å². The molecule has 0 bridgehead atoms. The Bertz CT molecular complexity index is 1040. The Labute approximate surface area is 202 Å². The fraction of sp³-hybridized carbons (Fsp3) is 0.462. The summed E-state index contributed by atoms with van der Waals surface area (Å²) in [6.07, 6.45) is 3.51. The standard InChI is InChI=1S/C26H34N2O5S/c1-20-8-6-9-21(2)28(20)25(29)18-33-24-14-12-23(13-15-24)26(30)27-16-7-17-34(31,32)19-22-10-4-3-5-11-22/h3-5,10-15,20-21H,6-9,16-19H2,1-2H3,(H,27,30). The second-order valence-electron chi connectivity index (χ2n) is 8.93. The van der Waals surface area contributed by atoms with Crippen LogP contribution in [0.15, 0.2) is 54.6 Å². The van der Waals surface area contributed by atoms with Crippen LogP contribution in [-0.2, 0) is 20.4 Å². The number of hydrogen-bond acceptors (Lipinski definition) is 5. The number of rotatable bonds is 10. The van der Waals surface area contributed by atoms with Gasteiger partial charge in [-0.15, -0.1) is 0 Å². The molecule has 0 aromatic heterocycles. The van der Waals surface area contributed by atoms with Gasteiger partial charge in [-0.3, -0.25) is 9.59 Å². The Kier molecular flexibility index (Phi) is 9.10. The van der Waals surface area contributed by atoms with E-state index in [1.807, 2.05) is 23.1 Å².